The number of nitrogens with zero attached hydrogens (tertiary/aromatic N) is 1. The molecule has 0 bridgehead atoms. The molecule has 0 radical (unpaired) electrons. The molecule has 1 atom stereocenters. The van der Waals surface area contributed by atoms with E-state index >= 15 is 0 Å². The summed E-state index contributed by atoms with van der Waals surface area (Å²) in [4.78, 5) is 14.0. The SMILES string of the molecule is O=C(N[C@H](CO)CC1CCCCC1)N1CCCCC1. The van der Waals surface area contributed by atoms with Gasteiger partial charge in [0, 0.05) is 13.1 Å². The minimum Gasteiger partial charge on any atom is -0.394 e. The minimum atomic E-state index is -0.0578. The third kappa shape index (κ3) is 4.68. The van der Waals surface area contributed by atoms with Crippen LogP contribution in [0.3, 0.4) is 0 Å². The number of hydrogen-bond acceptors (Lipinski definition) is 2. The zero-order valence-corrected chi connectivity index (χ0v) is 11.9. The van der Waals surface area contributed by atoms with Crippen LogP contribution in [-0.4, -0.2) is 41.8 Å². The van der Waals surface area contributed by atoms with Crippen LogP contribution in [0.15, 0.2) is 0 Å². The van der Waals surface area contributed by atoms with E-state index in [1.54, 1.807) is 0 Å². The van der Waals surface area contributed by atoms with E-state index in [0.717, 1.165) is 32.4 Å². The van der Waals surface area contributed by atoms with E-state index in [4.69, 9.17) is 0 Å². The molecule has 0 aromatic rings. The highest BCUT2D eigenvalue weighted by atomic mass is 16.3. The van der Waals surface area contributed by atoms with Gasteiger partial charge in [0.15, 0.2) is 0 Å². The third-order valence-electron chi connectivity index (χ3n) is 4.53. The maximum Gasteiger partial charge on any atom is 0.317 e. The lowest BCUT2D eigenvalue weighted by molar-refractivity contribution is 0.163. The first kappa shape index (κ1) is 14.6. The van der Waals surface area contributed by atoms with E-state index in [-0.39, 0.29) is 18.7 Å². The van der Waals surface area contributed by atoms with Gasteiger partial charge in [-0.05, 0) is 31.6 Å². The predicted molar refractivity (Wildman–Crippen MR) is 76.0 cm³/mol. The number of hydrogen-bond donors (Lipinski definition) is 2. The summed E-state index contributed by atoms with van der Waals surface area (Å²) in [6.07, 6.45) is 10.9. The molecule has 1 saturated carbocycles. The highest BCUT2D eigenvalue weighted by molar-refractivity contribution is 5.74. The molecule has 0 aromatic carbocycles. The van der Waals surface area contributed by atoms with Gasteiger partial charge in [-0.1, -0.05) is 32.1 Å². The Morgan fingerprint density at radius 3 is 2.37 bits per heavy atom. The quantitative estimate of drug-likeness (QED) is 0.823. The highest BCUT2D eigenvalue weighted by Crippen LogP contribution is 2.27. The monoisotopic (exact) mass is 268 g/mol. The lowest BCUT2D eigenvalue weighted by Crippen LogP contribution is -2.48. The van der Waals surface area contributed by atoms with Gasteiger partial charge in [0.25, 0.3) is 0 Å². The van der Waals surface area contributed by atoms with E-state index in [1.165, 1.54) is 38.5 Å². The van der Waals surface area contributed by atoms with Crippen LogP contribution in [0.25, 0.3) is 0 Å². The largest absolute Gasteiger partial charge is 0.394 e. The van der Waals surface area contributed by atoms with Crippen LogP contribution in [0.2, 0.25) is 0 Å². The van der Waals surface area contributed by atoms with Gasteiger partial charge in [-0.25, -0.2) is 4.79 Å². The zero-order chi connectivity index (χ0) is 13.5. The van der Waals surface area contributed by atoms with Gasteiger partial charge in [0.05, 0.1) is 12.6 Å². The molecule has 1 aliphatic heterocycles. The molecular formula is C15H28N2O2. The third-order valence-corrected chi connectivity index (χ3v) is 4.53. The minimum absolute atomic E-state index is 0.0227. The highest BCUT2D eigenvalue weighted by Gasteiger charge is 2.22. The summed E-state index contributed by atoms with van der Waals surface area (Å²) in [5.74, 6) is 0.688. The van der Waals surface area contributed by atoms with Crippen LogP contribution in [0.1, 0.15) is 57.8 Å². The number of rotatable bonds is 4. The molecule has 4 heteroatoms. The number of nitrogens with one attached hydrogen (secondary N) is 1. The molecule has 4 nitrogen and oxygen atoms in total. The van der Waals surface area contributed by atoms with Crippen LogP contribution in [0, 0.1) is 5.92 Å². The summed E-state index contributed by atoms with van der Waals surface area (Å²) in [5, 5.41) is 12.5. The molecule has 0 unspecified atom stereocenters. The molecule has 1 aliphatic carbocycles. The first-order valence-electron chi connectivity index (χ1n) is 7.96. The molecule has 1 heterocycles. The van der Waals surface area contributed by atoms with Gasteiger partial charge in [-0.2, -0.15) is 0 Å². The number of piperidine rings is 1. The first-order valence-corrected chi connectivity index (χ1v) is 7.96. The molecule has 2 amide bonds. The molecule has 2 rings (SSSR count). The van der Waals surface area contributed by atoms with E-state index in [2.05, 4.69) is 5.32 Å². The fourth-order valence-corrected chi connectivity index (χ4v) is 3.37. The first-order chi connectivity index (χ1) is 9.29. The summed E-state index contributed by atoms with van der Waals surface area (Å²) in [6, 6.07) is -0.0351. The maximum absolute atomic E-state index is 12.1. The molecule has 0 aromatic heterocycles. The fraction of sp³-hybridized carbons (Fsp3) is 0.933. The Bertz CT molecular complexity index is 271. The van der Waals surface area contributed by atoms with E-state index in [0.29, 0.717) is 5.92 Å². The van der Waals surface area contributed by atoms with Crippen molar-refractivity contribution < 1.29 is 9.90 Å². The summed E-state index contributed by atoms with van der Waals surface area (Å²) in [7, 11) is 0. The summed E-state index contributed by atoms with van der Waals surface area (Å²) >= 11 is 0. The number of aliphatic hydroxyl groups is 1. The van der Waals surface area contributed by atoms with Gasteiger partial charge in [-0.3, -0.25) is 0 Å². The van der Waals surface area contributed by atoms with Gasteiger partial charge in [-0.15, -0.1) is 0 Å². The smallest absolute Gasteiger partial charge is 0.317 e. The van der Waals surface area contributed by atoms with E-state index in [1.807, 2.05) is 4.90 Å². The fourth-order valence-electron chi connectivity index (χ4n) is 3.37. The molecule has 2 fully saturated rings. The predicted octanol–water partition coefficient (Wildman–Crippen LogP) is 2.51. The van der Waals surface area contributed by atoms with Crippen molar-refractivity contribution in [1.29, 1.82) is 0 Å². The Morgan fingerprint density at radius 1 is 1.11 bits per heavy atom. The molecule has 19 heavy (non-hydrogen) atoms. The van der Waals surface area contributed by atoms with Crippen molar-refractivity contribution in [1.82, 2.24) is 10.2 Å². The van der Waals surface area contributed by atoms with Crippen LogP contribution >= 0.6 is 0 Å². The molecule has 110 valence electrons. The van der Waals surface area contributed by atoms with Crippen LogP contribution in [0.4, 0.5) is 4.79 Å². The zero-order valence-electron chi connectivity index (χ0n) is 11.9. The van der Waals surface area contributed by atoms with Gasteiger partial charge < -0.3 is 15.3 Å². The van der Waals surface area contributed by atoms with Gasteiger partial charge in [0.2, 0.25) is 0 Å². The number of urea groups is 1. The van der Waals surface area contributed by atoms with Crippen molar-refractivity contribution in [2.24, 2.45) is 5.92 Å². The van der Waals surface area contributed by atoms with Crippen molar-refractivity contribution in [3.05, 3.63) is 0 Å². The van der Waals surface area contributed by atoms with Crippen LogP contribution in [-0.2, 0) is 0 Å². The summed E-state index contributed by atoms with van der Waals surface area (Å²) in [5.41, 5.74) is 0. The number of amides is 2. The maximum atomic E-state index is 12.1. The molecule has 1 saturated heterocycles. The molecule has 2 aliphatic rings. The Balaban J connectivity index is 1.75. The van der Waals surface area contributed by atoms with E-state index in [9.17, 15) is 9.90 Å². The number of likely N-dealkylation sites (tertiary alicyclic amines) is 1. The lowest BCUT2D eigenvalue weighted by Gasteiger charge is -2.30. The Morgan fingerprint density at radius 2 is 1.74 bits per heavy atom. The normalized spacial score (nSPS) is 23.1. The number of carbonyl (C=O) groups excluding carboxylic acids is 1. The van der Waals surface area contributed by atoms with Gasteiger partial charge in [0.1, 0.15) is 0 Å². The Kier molecular flexibility index (Phi) is 5.95. The Labute approximate surface area is 116 Å². The number of carbonyl (C=O) groups is 1. The van der Waals surface area contributed by atoms with Crippen molar-refractivity contribution in [2.45, 2.75) is 63.8 Å². The second-order valence-corrected chi connectivity index (χ2v) is 6.12. The van der Waals surface area contributed by atoms with Crippen molar-refractivity contribution >= 4 is 6.03 Å². The van der Waals surface area contributed by atoms with Crippen molar-refractivity contribution in [3.63, 3.8) is 0 Å². The van der Waals surface area contributed by atoms with Crippen LogP contribution < -0.4 is 5.32 Å². The molecular weight excluding hydrogens is 240 g/mol. The molecule has 0 spiro atoms. The summed E-state index contributed by atoms with van der Waals surface area (Å²) in [6.45, 7) is 1.80. The average Bonchev–Trinajstić information content (AvgIpc) is 2.48. The number of aliphatic hydroxyl groups excluding tert-OH is 1. The molecule has 2 N–H and O–H groups in total. The standard InChI is InChI=1S/C15H28N2O2/c18-12-14(11-13-7-3-1-4-8-13)16-15(19)17-9-5-2-6-10-17/h13-14,18H,1-12H2,(H,16,19)/t14-/m0/s1. The lowest BCUT2D eigenvalue weighted by atomic mass is 9.85. The summed E-state index contributed by atoms with van der Waals surface area (Å²) < 4.78 is 0. The average molecular weight is 268 g/mol. The van der Waals surface area contributed by atoms with E-state index < -0.39 is 0 Å². The van der Waals surface area contributed by atoms with Crippen molar-refractivity contribution in [3.8, 4) is 0 Å². The van der Waals surface area contributed by atoms with Crippen molar-refractivity contribution in [2.75, 3.05) is 19.7 Å². The van der Waals surface area contributed by atoms with Crippen LogP contribution in [0.5, 0.6) is 0 Å². The van der Waals surface area contributed by atoms with Gasteiger partial charge >= 0.3 is 6.03 Å². The second kappa shape index (κ2) is 7.73. The second-order valence-electron chi connectivity index (χ2n) is 6.12. The Hall–Kier alpha value is -0.770. The topological polar surface area (TPSA) is 52.6 Å².